The van der Waals surface area contributed by atoms with E-state index in [9.17, 15) is 14.4 Å². The molecule has 0 aliphatic heterocycles. The van der Waals surface area contributed by atoms with Crippen molar-refractivity contribution >= 4 is 17.9 Å². The lowest BCUT2D eigenvalue weighted by Gasteiger charge is -2.18. The Morgan fingerprint density at radius 1 is 0.344 bits per heavy atom. The molecule has 1 unspecified atom stereocenters. The quantitative estimate of drug-likeness (QED) is 0.0200. The third-order valence-electron chi connectivity index (χ3n) is 10.5. The summed E-state index contributed by atoms with van der Waals surface area (Å²) in [6, 6.07) is 0. The van der Waals surface area contributed by atoms with Crippen molar-refractivity contribution in [3.05, 3.63) is 85.1 Å². The van der Waals surface area contributed by atoms with Gasteiger partial charge in [0.25, 0.3) is 0 Å². The van der Waals surface area contributed by atoms with E-state index in [0.717, 1.165) is 83.5 Å². The van der Waals surface area contributed by atoms with E-state index in [1.54, 1.807) is 0 Å². The highest BCUT2D eigenvalue weighted by Gasteiger charge is 2.19. The van der Waals surface area contributed by atoms with Crippen LogP contribution in [0, 0.1) is 0 Å². The van der Waals surface area contributed by atoms with Crippen LogP contribution in [0.25, 0.3) is 0 Å². The van der Waals surface area contributed by atoms with Crippen LogP contribution in [-0.2, 0) is 28.6 Å². The normalized spacial score (nSPS) is 12.8. The number of rotatable bonds is 44. The molecule has 348 valence electrons. The first kappa shape index (κ1) is 57.6. The zero-order chi connectivity index (χ0) is 44.4. The fourth-order valence-corrected chi connectivity index (χ4v) is 6.76. The van der Waals surface area contributed by atoms with E-state index in [0.29, 0.717) is 19.3 Å². The monoisotopic (exact) mass is 849 g/mol. The minimum absolute atomic E-state index is 0.0960. The van der Waals surface area contributed by atoms with Crippen molar-refractivity contribution in [1.29, 1.82) is 0 Å². The highest BCUT2D eigenvalue weighted by atomic mass is 16.6. The molecule has 0 N–H and O–H groups in total. The molecule has 0 amide bonds. The number of carbonyl (C=O) groups excluding carboxylic acids is 3. The van der Waals surface area contributed by atoms with Gasteiger partial charge in [-0.25, -0.2) is 0 Å². The highest BCUT2D eigenvalue weighted by Crippen LogP contribution is 2.14. The summed E-state index contributed by atoms with van der Waals surface area (Å²) < 4.78 is 16.7. The molecule has 0 aliphatic rings. The molecule has 6 heteroatoms. The molecule has 0 spiro atoms. The molecule has 0 heterocycles. The first-order chi connectivity index (χ1) is 30.0. The van der Waals surface area contributed by atoms with E-state index >= 15 is 0 Å². The highest BCUT2D eigenvalue weighted by molar-refractivity contribution is 5.71. The lowest BCUT2D eigenvalue weighted by molar-refractivity contribution is -0.167. The molecule has 0 saturated carbocycles. The van der Waals surface area contributed by atoms with E-state index in [2.05, 4.69) is 45.1 Å². The van der Waals surface area contributed by atoms with Crippen molar-refractivity contribution in [3.8, 4) is 0 Å². The lowest BCUT2D eigenvalue weighted by Crippen LogP contribution is -2.30. The molecule has 0 rings (SSSR count). The molecular formula is C55H92O6. The Morgan fingerprint density at radius 2 is 0.656 bits per heavy atom. The summed E-state index contributed by atoms with van der Waals surface area (Å²) in [6.45, 7) is 6.43. The molecule has 0 aromatic carbocycles. The van der Waals surface area contributed by atoms with Crippen LogP contribution in [0.4, 0.5) is 0 Å². The van der Waals surface area contributed by atoms with Gasteiger partial charge in [-0.3, -0.25) is 14.4 Å². The summed E-state index contributed by atoms with van der Waals surface area (Å²) in [5.74, 6) is -0.959. The molecule has 0 bridgehead atoms. The number of hydrogen-bond donors (Lipinski definition) is 0. The minimum Gasteiger partial charge on any atom is -0.462 e. The minimum atomic E-state index is -0.800. The summed E-state index contributed by atoms with van der Waals surface area (Å²) in [5, 5.41) is 0. The number of carbonyl (C=O) groups is 3. The van der Waals surface area contributed by atoms with Crippen molar-refractivity contribution in [2.24, 2.45) is 0 Å². The van der Waals surface area contributed by atoms with E-state index in [1.807, 2.05) is 60.8 Å². The van der Waals surface area contributed by atoms with Crippen molar-refractivity contribution < 1.29 is 28.6 Å². The van der Waals surface area contributed by atoms with Gasteiger partial charge in [0.2, 0.25) is 0 Å². The van der Waals surface area contributed by atoms with Gasteiger partial charge in [0.15, 0.2) is 6.10 Å². The molecule has 0 saturated heterocycles. The molecule has 0 aliphatic carbocycles. The second kappa shape index (κ2) is 49.2. The summed E-state index contributed by atoms with van der Waals surface area (Å²) in [5.41, 5.74) is 0. The largest absolute Gasteiger partial charge is 0.462 e. The maximum absolute atomic E-state index is 12.8. The van der Waals surface area contributed by atoms with Crippen molar-refractivity contribution in [3.63, 3.8) is 0 Å². The lowest BCUT2D eigenvalue weighted by atomic mass is 10.0. The van der Waals surface area contributed by atoms with Gasteiger partial charge >= 0.3 is 17.9 Å². The Morgan fingerprint density at radius 3 is 1.07 bits per heavy atom. The van der Waals surface area contributed by atoms with Gasteiger partial charge in [0, 0.05) is 19.3 Å². The van der Waals surface area contributed by atoms with Gasteiger partial charge in [-0.15, -0.1) is 0 Å². The van der Waals surface area contributed by atoms with Crippen LogP contribution < -0.4 is 0 Å². The number of hydrogen-bond acceptors (Lipinski definition) is 6. The van der Waals surface area contributed by atoms with Crippen LogP contribution >= 0.6 is 0 Å². The molecule has 0 aromatic heterocycles. The maximum Gasteiger partial charge on any atom is 0.306 e. The zero-order valence-electron chi connectivity index (χ0n) is 39.7. The first-order valence-electron chi connectivity index (χ1n) is 25.2. The van der Waals surface area contributed by atoms with Crippen molar-refractivity contribution in [1.82, 2.24) is 0 Å². The molecular weight excluding hydrogens is 757 g/mol. The molecule has 0 fully saturated rings. The molecule has 61 heavy (non-hydrogen) atoms. The van der Waals surface area contributed by atoms with Gasteiger partial charge in [-0.1, -0.05) is 228 Å². The van der Waals surface area contributed by atoms with E-state index in [-0.39, 0.29) is 31.1 Å². The number of unbranched alkanes of at least 4 members (excludes halogenated alkanes) is 24. The Hall–Kier alpha value is -3.41. The second-order valence-corrected chi connectivity index (χ2v) is 16.5. The van der Waals surface area contributed by atoms with Gasteiger partial charge < -0.3 is 14.2 Å². The van der Waals surface area contributed by atoms with Gasteiger partial charge in [-0.05, 0) is 64.2 Å². The Labute approximate surface area is 375 Å². The summed E-state index contributed by atoms with van der Waals surface area (Å²) in [4.78, 5) is 37.9. The van der Waals surface area contributed by atoms with Crippen LogP contribution in [0.3, 0.4) is 0 Å². The summed E-state index contributed by atoms with van der Waals surface area (Å²) >= 11 is 0. The number of ether oxygens (including phenoxy) is 3. The standard InChI is InChI=1S/C55H92O6/c1-4-7-10-13-16-19-22-25-27-28-29-31-33-36-39-42-45-48-54(57)60-51-52(50-59-53(56)47-44-41-38-35-32-24-21-18-15-12-9-6-3)61-55(58)49-46-43-40-37-34-30-26-23-20-17-14-11-8-5-2/h7,10,13,16,19,22,25,27-31,33-34,52H,4-6,8-9,11-12,14-15,17-18,20-21,23-24,26,32,35-51H2,1-3H3/b10-7-,16-13-,22-19-,27-25-,29-28+,33-31-,34-30-. The molecule has 1 atom stereocenters. The molecule has 0 aromatic rings. The zero-order valence-corrected chi connectivity index (χ0v) is 39.7. The maximum atomic E-state index is 12.8. The van der Waals surface area contributed by atoms with E-state index in [4.69, 9.17) is 14.2 Å². The Balaban J connectivity index is 4.50. The fraction of sp³-hybridized carbons (Fsp3) is 0.691. The van der Waals surface area contributed by atoms with Crippen LogP contribution in [0.5, 0.6) is 0 Å². The predicted molar refractivity (Wildman–Crippen MR) is 261 cm³/mol. The first-order valence-corrected chi connectivity index (χ1v) is 25.2. The van der Waals surface area contributed by atoms with Crippen LogP contribution in [-0.4, -0.2) is 37.2 Å². The van der Waals surface area contributed by atoms with Gasteiger partial charge in [0.05, 0.1) is 0 Å². The Bertz CT molecular complexity index is 1200. The van der Waals surface area contributed by atoms with E-state index < -0.39 is 6.10 Å². The second-order valence-electron chi connectivity index (χ2n) is 16.5. The fourth-order valence-electron chi connectivity index (χ4n) is 6.76. The number of allylic oxidation sites excluding steroid dienone is 14. The van der Waals surface area contributed by atoms with Crippen LogP contribution in [0.2, 0.25) is 0 Å². The Kier molecular flexibility index (Phi) is 46.5. The summed E-state index contributed by atoms with van der Waals surface area (Å²) in [7, 11) is 0. The van der Waals surface area contributed by atoms with E-state index in [1.165, 1.54) is 103 Å². The van der Waals surface area contributed by atoms with Crippen LogP contribution in [0.15, 0.2) is 85.1 Å². The van der Waals surface area contributed by atoms with Crippen molar-refractivity contribution in [2.45, 2.75) is 232 Å². The van der Waals surface area contributed by atoms with Gasteiger partial charge in [-0.2, -0.15) is 0 Å². The third kappa shape index (κ3) is 47.5. The topological polar surface area (TPSA) is 78.9 Å². The molecule has 6 nitrogen and oxygen atoms in total. The summed E-state index contributed by atoms with van der Waals surface area (Å²) in [6.07, 6.45) is 62.7. The third-order valence-corrected chi connectivity index (χ3v) is 10.5. The van der Waals surface area contributed by atoms with Crippen molar-refractivity contribution in [2.75, 3.05) is 13.2 Å². The average molecular weight is 849 g/mol. The van der Waals surface area contributed by atoms with Gasteiger partial charge in [0.1, 0.15) is 13.2 Å². The average Bonchev–Trinajstić information content (AvgIpc) is 3.26. The predicted octanol–water partition coefficient (Wildman–Crippen LogP) is 16.4. The SMILES string of the molecule is CC\C=C/C=C\C=C/C=C\C=C\C=C/CCCCCC(=O)OCC(COC(=O)CCCCCCCCCCCCCC)OC(=O)CCCCC/C=C\CCCCCCCCC. The smallest absolute Gasteiger partial charge is 0.306 e. The number of esters is 3. The van der Waals surface area contributed by atoms with Crippen LogP contribution in [0.1, 0.15) is 226 Å². The molecule has 0 radical (unpaired) electrons.